The molecular formula is C16H15N5O3. The van der Waals surface area contributed by atoms with Gasteiger partial charge in [0.1, 0.15) is 17.5 Å². The van der Waals surface area contributed by atoms with E-state index in [0.29, 0.717) is 11.5 Å². The number of hydrogen-bond donors (Lipinski definition) is 0. The summed E-state index contributed by atoms with van der Waals surface area (Å²) in [5.74, 6) is -2.79. The Morgan fingerprint density at radius 1 is 1.00 bits per heavy atom. The number of para-hydroxylation sites is 1. The number of benzene rings is 1. The second kappa shape index (κ2) is 5.73. The van der Waals surface area contributed by atoms with Crippen molar-refractivity contribution < 1.29 is 14.4 Å². The van der Waals surface area contributed by atoms with E-state index in [-0.39, 0.29) is 5.71 Å². The van der Waals surface area contributed by atoms with Crippen LogP contribution in [0.25, 0.3) is 0 Å². The molecule has 0 spiro atoms. The van der Waals surface area contributed by atoms with E-state index in [2.05, 4.69) is 16.8 Å². The minimum absolute atomic E-state index is 0.0658. The predicted molar refractivity (Wildman–Crippen MR) is 88.0 cm³/mol. The quantitative estimate of drug-likeness (QED) is 0.738. The van der Waals surface area contributed by atoms with Gasteiger partial charge in [-0.25, -0.2) is 5.01 Å². The Hall–Kier alpha value is -3.29. The largest absolute Gasteiger partial charge is 0.310 e. The first-order chi connectivity index (χ1) is 11.4. The van der Waals surface area contributed by atoms with Crippen LogP contribution in [0.3, 0.4) is 0 Å². The van der Waals surface area contributed by atoms with E-state index in [1.165, 1.54) is 23.2 Å². The van der Waals surface area contributed by atoms with Gasteiger partial charge in [0.25, 0.3) is 5.91 Å². The van der Waals surface area contributed by atoms with Gasteiger partial charge in [-0.3, -0.25) is 24.3 Å². The van der Waals surface area contributed by atoms with Crippen molar-refractivity contribution in [2.24, 2.45) is 16.1 Å². The minimum Gasteiger partial charge on any atom is -0.287 e. The first kappa shape index (κ1) is 15.6. The summed E-state index contributed by atoms with van der Waals surface area (Å²) in [4.78, 5) is 38.3. The van der Waals surface area contributed by atoms with E-state index < -0.39 is 23.5 Å². The van der Waals surface area contributed by atoms with Crippen LogP contribution in [-0.2, 0) is 14.4 Å². The van der Waals surface area contributed by atoms with Crippen molar-refractivity contribution >= 4 is 35.2 Å². The van der Waals surface area contributed by atoms with E-state index in [4.69, 9.17) is 0 Å². The van der Waals surface area contributed by atoms with Gasteiger partial charge in [0, 0.05) is 20.3 Å². The van der Waals surface area contributed by atoms with E-state index in [1.54, 1.807) is 31.3 Å². The highest BCUT2D eigenvalue weighted by Gasteiger charge is 2.42. The molecule has 1 atom stereocenters. The number of nitrogens with zero attached hydrogens (tertiary/aromatic N) is 5. The number of ketones is 1. The second-order valence-electron chi connectivity index (χ2n) is 5.34. The number of rotatable bonds is 2. The molecule has 0 radical (unpaired) electrons. The number of carbonyl (C=O) groups excluding carboxylic acids is 3. The van der Waals surface area contributed by atoms with Gasteiger partial charge in [0.05, 0.1) is 5.69 Å². The second-order valence-corrected chi connectivity index (χ2v) is 5.34. The lowest BCUT2D eigenvalue weighted by atomic mass is 9.96. The summed E-state index contributed by atoms with van der Waals surface area (Å²) in [5.41, 5.74) is 0.527. The molecule has 122 valence electrons. The summed E-state index contributed by atoms with van der Waals surface area (Å²) in [7, 11) is 2.99. The molecule has 0 N–H and O–H groups in total. The molecule has 2 amide bonds. The lowest BCUT2D eigenvalue weighted by molar-refractivity contribution is -0.144. The highest BCUT2D eigenvalue weighted by Crippen LogP contribution is 2.26. The Labute approximate surface area is 138 Å². The van der Waals surface area contributed by atoms with Gasteiger partial charge in [-0.05, 0) is 12.1 Å². The van der Waals surface area contributed by atoms with Gasteiger partial charge >= 0.3 is 5.91 Å². The van der Waals surface area contributed by atoms with E-state index in [9.17, 15) is 14.4 Å². The van der Waals surface area contributed by atoms with Crippen molar-refractivity contribution in [2.45, 2.75) is 0 Å². The van der Waals surface area contributed by atoms with Crippen LogP contribution in [0.2, 0.25) is 0 Å². The third kappa shape index (κ3) is 2.37. The number of carbonyl (C=O) groups is 3. The third-order valence-corrected chi connectivity index (χ3v) is 3.80. The molecule has 8 nitrogen and oxygen atoms in total. The number of hydrazone groups is 2. The minimum atomic E-state index is -1.11. The number of amides is 2. The van der Waals surface area contributed by atoms with Crippen LogP contribution < -0.4 is 4.90 Å². The molecular weight excluding hydrogens is 310 g/mol. The Morgan fingerprint density at radius 2 is 1.67 bits per heavy atom. The third-order valence-electron chi connectivity index (χ3n) is 3.80. The molecule has 1 aromatic carbocycles. The molecule has 2 heterocycles. The lowest BCUT2D eigenvalue weighted by Crippen LogP contribution is -2.52. The Kier molecular flexibility index (Phi) is 3.72. The van der Waals surface area contributed by atoms with E-state index >= 15 is 0 Å². The molecule has 1 unspecified atom stereocenters. The summed E-state index contributed by atoms with van der Waals surface area (Å²) < 4.78 is 0. The molecule has 0 fully saturated rings. The zero-order chi connectivity index (χ0) is 17.4. The van der Waals surface area contributed by atoms with Crippen LogP contribution in [0.1, 0.15) is 0 Å². The Balaban J connectivity index is 2.03. The van der Waals surface area contributed by atoms with Crippen LogP contribution in [0.4, 0.5) is 5.69 Å². The molecule has 8 heteroatoms. The zero-order valence-corrected chi connectivity index (χ0v) is 13.2. The van der Waals surface area contributed by atoms with Crippen LogP contribution in [0, 0.1) is 5.92 Å². The standard InChI is InChI=1S/C16H15N5O3/c1-10-19(2)18-13(12-9-17-20(3)16(24)14(12)22)15(23)21(10)11-7-5-4-6-8-11/h4-9,12H,1H2,2-3H3. The van der Waals surface area contributed by atoms with Gasteiger partial charge in [-0.2, -0.15) is 10.2 Å². The van der Waals surface area contributed by atoms with Crippen molar-refractivity contribution in [3.8, 4) is 0 Å². The van der Waals surface area contributed by atoms with E-state index in [1.807, 2.05) is 6.07 Å². The van der Waals surface area contributed by atoms with E-state index in [0.717, 1.165) is 5.01 Å². The number of Topliss-reactive ketones (excluding diaryl/α,β-unsaturated/α-hetero) is 1. The van der Waals surface area contributed by atoms with Gasteiger partial charge < -0.3 is 0 Å². The molecule has 0 bridgehead atoms. The maximum atomic E-state index is 12.9. The van der Waals surface area contributed by atoms with Crippen molar-refractivity contribution in [1.29, 1.82) is 0 Å². The fourth-order valence-corrected chi connectivity index (χ4v) is 2.45. The fraction of sp³-hybridized carbons (Fsp3) is 0.188. The van der Waals surface area contributed by atoms with Gasteiger partial charge in [0.2, 0.25) is 5.78 Å². The molecule has 0 saturated carbocycles. The van der Waals surface area contributed by atoms with Crippen molar-refractivity contribution in [3.63, 3.8) is 0 Å². The average Bonchev–Trinajstić information content (AvgIpc) is 2.58. The molecule has 0 aliphatic carbocycles. The van der Waals surface area contributed by atoms with Crippen LogP contribution >= 0.6 is 0 Å². The molecule has 1 aromatic rings. The summed E-state index contributed by atoms with van der Waals surface area (Å²) >= 11 is 0. The van der Waals surface area contributed by atoms with Crippen molar-refractivity contribution in [3.05, 3.63) is 42.7 Å². The highest BCUT2D eigenvalue weighted by atomic mass is 16.2. The number of hydrogen-bond acceptors (Lipinski definition) is 6. The molecule has 0 aromatic heterocycles. The average molecular weight is 325 g/mol. The summed E-state index contributed by atoms with van der Waals surface area (Å²) in [5, 5.41) is 10.3. The van der Waals surface area contributed by atoms with Crippen LogP contribution in [-0.4, -0.2) is 53.6 Å². The van der Waals surface area contributed by atoms with Gasteiger partial charge in [-0.15, -0.1) is 0 Å². The lowest BCUT2D eigenvalue weighted by Gasteiger charge is -2.35. The highest BCUT2D eigenvalue weighted by molar-refractivity contribution is 6.57. The SMILES string of the molecule is C=C1N(C)N=C(C2C=NN(C)C(=O)C2=O)C(=O)N1c1ccccc1. The summed E-state index contributed by atoms with van der Waals surface area (Å²) in [6, 6.07) is 8.89. The summed E-state index contributed by atoms with van der Waals surface area (Å²) in [6.07, 6.45) is 1.26. The van der Waals surface area contributed by atoms with Crippen LogP contribution in [0.5, 0.6) is 0 Å². The monoisotopic (exact) mass is 325 g/mol. The van der Waals surface area contributed by atoms with Crippen molar-refractivity contribution in [1.82, 2.24) is 10.0 Å². The fourth-order valence-electron chi connectivity index (χ4n) is 2.45. The predicted octanol–water partition coefficient (Wildman–Crippen LogP) is 0.435. The smallest absolute Gasteiger partial charge is 0.287 e. The maximum Gasteiger partial charge on any atom is 0.310 e. The number of likely N-dealkylation sites (N-methyl/N-ethyl adjacent to an activating group) is 1. The topological polar surface area (TPSA) is 85.6 Å². The normalized spacial score (nSPS) is 21.5. The Morgan fingerprint density at radius 3 is 2.33 bits per heavy atom. The van der Waals surface area contributed by atoms with Gasteiger partial charge in [-0.1, -0.05) is 24.8 Å². The zero-order valence-electron chi connectivity index (χ0n) is 13.2. The molecule has 2 aliphatic rings. The molecule has 24 heavy (non-hydrogen) atoms. The van der Waals surface area contributed by atoms with Crippen LogP contribution in [0.15, 0.2) is 52.9 Å². The first-order valence-corrected chi connectivity index (χ1v) is 7.18. The molecule has 2 aliphatic heterocycles. The maximum absolute atomic E-state index is 12.9. The Bertz CT molecular complexity index is 799. The number of anilines is 1. The molecule has 0 saturated heterocycles. The van der Waals surface area contributed by atoms with Crippen molar-refractivity contribution in [2.75, 3.05) is 19.0 Å². The summed E-state index contributed by atoms with van der Waals surface area (Å²) in [6.45, 7) is 3.86. The van der Waals surface area contributed by atoms with Gasteiger partial charge in [0.15, 0.2) is 0 Å². The first-order valence-electron chi connectivity index (χ1n) is 7.18. The molecule has 3 rings (SSSR count).